The normalized spacial score (nSPS) is 11.3. The van der Waals surface area contributed by atoms with Crippen molar-refractivity contribution in [2.75, 3.05) is 39.6 Å². The molecule has 0 rings (SSSR count). The lowest BCUT2D eigenvalue weighted by Crippen LogP contribution is -2.17. The van der Waals surface area contributed by atoms with Crippen molar-refractivity contribution in [3.8, 4) is 0 Å². The summed E-state index contributed by atoms with van der Waals surface area (Å²) in [5.41, 5.74) is 0. The summed E-state index contributed by atoms with van der Waals surface area (Å²) in [6, 6.07) is 0. The second kappa shape index (κ2) is 12.9. The van der Waals surface area contributed by atoms with Crippen LogP contribution in [0, 0.1) is 11.8 Å². The molecular formula is C16H30O5. The van der Waals surface area contributed by atoms with Gasteiger partial charge in [0.05, 0.1) is 26.4 Å². The molecule has 0 saturated heterocycles. The molecule has 0 spiro atoms. The minimum absolute atomic E-state index is 0.0156. The van der Waals surface area contributed by atoms with E-state index in [1.54, 1.807) is 0 Å². The van der Waals surface area contributed by atoms with E-state index in [1.807, 2.05) is 27.7 Å². The summed E-state index contributed by atoms with van der Waals surface area (Å²) in [4.78, 5) is 22.6. The average molecular weight is 302 g/mol. The molecule has 0 unspecified atom stereocenters. The molecule has 0 aliphatic heterocycles. The van der Waals surface area contributed by atoms with Gasteiger partial charge < -0.3 is 14.2 Å². The van der Waals surface area contributed by atoms with E-state index in [4.69, 9.17) is 14.2 Å². The number of Topliss-reactive ketones (excluding diaryl/α,β-unsaturated/α-hetero) is 2. The van der Waals surface area contributed by atoms with Crippen molar-refractivity contribution in [2.24, 2.45) is 11.8 Å². The first-order valence-electron chi connectivity index (χ1n) is 7.73. The van der Waals surface area contributed by atoms with Crippen LogP contribution in [0.4, 0.5) is 0 Å². The summed E-state index contributed by atoms with van der Waals surface area (Å²) in [5.74, 6) is 0.509. The van der Waals surface area contributed by atoms with E-state index in [-0.39, 0.29) is 30.0 Å². The van der Waals surface area contributed by atoms with Crippen LogP contribution in [-0.2, 0) is 23.8 Å². The molecule has 0 aromatic rings. The molecule has 124 valence electrons. The molecular weight excluding hydrogens is 272 g/mol. The fourth-order valence-corrected chi connectivity index (χ4v) is 1.42. The smallest absolute Gasteiger partial charge is 0.160 e. The van der Waals surface area contributed by atoms with Crippen LogP contribution in [-0.4, -0.2) is 51.2 Å². The van der Waals surface area contributed by atoms with Gasteiger partial charge in [0.1, 0.15) is 12.4 Å². The minimum atomic E-state index is 0.0156. The van der Waals surface area contributed by atoms with Gasteiger partial charge in [0.15, 0.2) is 5.78 Å². The van der Waals surface area contributed by atoms with Gasteiger partial charge >= 0.3 is 0 Å². The molecule has 0 radical (unpaired) electrons. The van der Waals surface area contributed by atoms with Crippen molar-refractivity contribution >= 4 is 11.6 Å². The maximum atomic E-state index is 11.4. The highest BCUT2D eigenvalue weighted by atomic mass is 16.5. The van der Waals surface area contributed by atoms with E-state index in [2.05, 4.69) is 0 Å². The maximum Gasteiger partial charge on any atom is 0.160 e. The van der Waals surface area contributed by atoms with Gasteiger partial charge in [-0.05, 0) is 6.42 Å². The summed E-state index contributed by atoms with van der Waals surface area (Å²) in [6.07, 6.45) is 1.34. The van der Waals surface area contributed by atoms with Gasteiger partial charge in [-0.15, -0.1) is 0 Å². The second-order valence-corrected chi connectivity index (χ2v) is 5.62. The maximum absolute atomic E-state index is 11.4. The Hall–Kier alpha value is -0.780. The average Bonchev–Trinajstić information content (AvgIpc) is 2.43. The first kappa shape index (κ1) is 20.2. The lowest BCUT2D eigenvalue weighted by molar-refractivity contribution is -0.127. The molecule has 5 heteroatoms. The predicted molar refractivity (Wildman–Crippen MR) is 81.4 cm³/mol. The van der Waals surface area contributed by atoms with Crippen LogP contribution in [0.5, 0.6) is 0 Å². The van der Waals surface area contributed by atoms with Crippen molar-refractivity contribution < 1.29 is 23.8 Å². The Labute approximate surface area is 128 Å². The van der Waals surface area contributed by atoms with Crippen LogP contribution >= 0.6 is 0 Å². The van der Waals surface area contributed by atoms with Gasteiger partial charge in [0.2, 0.25) is 0 Å². The summed E-state index contributed by atoms with van der Waals surface area (Å²) in [5, 5.41) is 0. The molecule has 5 nitrogen and oxygen atoms in total. The zero-order valence-electron chi connectivity index (χ0n) is 13.9. The van der Waals surface area contributed by atoms with Crippen molar-refractivity contribution in [1.29, 1.82) is 0 Å². The van der Waals surface area contributed by atoms with Crippen molar-refractivity contribution in [3.05, 3.63) is 0 Å². The number of ether oxygens (including phenoxy) is 3. The van der Waals surface area contributed by atoms with E-state index in [1.165, 1.54) is 0 Å². The fourth-order valence-electron chi connectivity index (χ4n) is 1.42. The van der Waals surface area contributed by atoms with Gasteiger partial charge in [-0.3, -0.25) is 9.59 Å². The number of carbonyl (C=O) groups excluding carboxylic acids is 2. The second-order valence-electron chi connectivity index (χ2n) is 5.62. The first-order chi connectivity index (χ1) is 9.95. The molecule has 0 fully saturated rings. The highest BCUT2D eigenvalue weighted by molar-refractivity contribution is 5.81. The zero-order valence-corrected chi connectivity index (χ0v) is 13.9. The predicted octanol–water partition coefficient (Wildman–Crippen LogP) is 2.27. The largest absolute Gasteiger partial charge is 0.379 e. The molecule has 0 heterocycles. The number of carbonyl (C=O) groups is 2. The monoisotopic (exact) mass is 302 g/mol. The summed E-state index contributed by atoms with van der Waals surface area (Å²) in [7, 11) is 0. The minimum Gasteiger partial charge on any atom is -0.379 e. The van der Waals surface area contributed by atoms with Crippen molar-refractivity contribution in [2.45, 2.75) is 40.5 Å². The third-order valence-electron chi connectivity index (χ3n) is 2.99. The van der Waals surface area contributed by atoms with Crippen LogP contribution in [0.2, 0.25) is 0 Å². The van der Waals surface area contributed by atoms with Crippen LogP contribution in [0.1, 0.15) is 40.5 Å². The molecule has 21 heavy (non-hydrogen) atoms. The Morgan fingerprint density at radius 3 is 1.71 bits per heavy atom. The molecule has 0 bridgehead atoms. The molecule has 0 aromatic carbocycles. The Morgan fingerprint density at radius 2 is 1.19 bits per heavy atom. The number of hydrogen-bond donors (Lipinski definition) is 0. The van der Waals surface area contributed by atoms with E-state index in [0.29, 0.717) is 39.5 Å². The highest BCUT2D eigenvalue weighted by Gasteiger charge is 2.07. The van der Waals surface area contributed by atoms with Crippen LogP contribution in [0.3, 0.4) is 0 Å². The summed E-state index contributed by atoms with van der Waals surface area (Å²) < 4.78 is 15.9. The SMILES string of the molecule is CC(C)C(=O)CCCOCCOCCOCC(=O)C(C)C. The summed E-state index contributed by atoms with van der Waals surface area (Å²) >= 11 is 0. The van der Waals surface area contributed by atoms with E-state index < -0.39 is 0 Å². The first-order valence-corrected chi connectivity index (χ1v) is 7.73. The third kappa shape index (κ3) is 12.7. The molecule has 0 N–H and O–H groups in total. The molecule has 0 saturated carbocycles. The topological polar surface area (TPSA) is 61.8 Å². The van der Waals surface area contributed by atoms with Crippen LogP contribution < -0.4 is 0 Å². The number of ketones is 2. The summed E-state index contributed by atoms with van der Waals surface area (Å²) in [6.45, 7) is 10.2. The molecule has 0 atom stereocenters. The number of hydrogen-bond acceptors (Lipinski definition) is 5. The van der Waals surface area contributed by atoms with E-state index in [9.17, 15) is 9.59 Å². The standard InChI is InChI=1S/C16H30O5/c1-13(2)15(17)6-5-7-19-8-9-20-10-11-21-12-16(18)14(3)4/h13-14H,5-12H2,1-4H3. The lowest BCUT2D eigenvalue weighted by Gasteiger charge is -2.08. The Morgan fingerprint density at radius 1 is 0.714 bits per heavy atom. The van der Waals surface area contributed by atoms with Gasteiger partial charge in [0.25, 0.3) is 0 Å². The molecule has 0 amide bonds. The van der Waals surface area contributed by atoms with Gasteiger partial charge in [-0.1, -0.05) is 27.7 Å². The Balaban J connectivity index is 3.20. The van der Waals surface area contributed by atoms with Crippen molar-refractivity contribution in [1.82, 2.24) is 0 Å². The zero-order chi connectivity index (χ0) is 16.1. The Kier molecular flexibility index (Phi) is 12.4. The van der Waals surface area contributed by atoms with Gasteiger partial charge in [-0.2, -0.15) is 0 Å². The van der Waals surface area contributed by atoms with Crippen LogP contribution in [0.25, 0.3) is 0 Å². The van der Waals surface area contributed by atoms with E-state index in [0.717, 1.165) is 6.42 Å². The van der Waals surface area contributed by atoms with Crippen LogP contribution in [0.15, 0.2) is 0 Å². The number of rotatable bonds is 14. The Bertz CT molecular complexity index is 258. The molecule has 0 aliphatic carbocycles. The lowest BCUT2D eigenvalue weighted by atomic mass is 10.1. The van der Waals surface area contributed by atoms with Gasteiger partial charge in [-0.25, -0.2) is 0 Å². The fraction of sp³-hybridized carbons (Fsp3) is 0.875. The van der Waals surface area contributed by atoms with E-state index >= 15 is 0 Å². The quantitative estimate of drug-likeness (QED) is 0.461. The highest BCUT2D eigenvalue weighted by Crippen LogP contribution is 2.01. The molecule has 0 aliphatic rings. The molecule has 0 aromatic heterocycles. The third-order valence-corrected chi connectivity index (χ3v) is 2.99. The van der Waals surface area contributed by atoms with Gasteiger partial charge in [0, 0.05) is 24.9 Å². The van der Waals surface area contributed by atoms with Crippen molar-refractivity contribution in [3.63, 3.8) is 0 Å².